The Morgan fingerprint density at radius 2 is 1.32 bits per heavy atom. The molecule has 0 amide bonds. The van der Waals surface area contributed by atoms with Gasteiger partial charge in [-0.05, 0) is 85.4 Å². The van der Waals surface area contributed by atoms with E-state index in [9.17, 15) is 0 Å². The zero-order chi connectivity index (χ0) is 41.9. The van der Waals surface area contributed by atoms with Crippen LogP contribution < -0.4 is 21.3 Å². The molecule has 18 heteroatoms. The molecule has 4 aromatic carbocycles. The summed E-state index contributed by atoms with van der Waals surface area (Å²) in [6.07, 6.45) is 9.31. The average molecular weight is 918 g/mol. The van der Waals surface area contributed by atoms with Crippen molar-refractivity contribution < 1.29 is 17.1 Å². The number of hydrogen-bond acceptors (Lipinski definition) is 16. The van der Waals surface area contributed by atoms with Crippen molar-refractivity contribution in [2.75, 3.05) is 15.5 Å². The van der Waals surface area contributed by atoms with Crippen molar-refractivity contribution in [3.05, 3.63) is 141 Å². The number of aryl methyl sites for hydroxylation is 2. The quantitative estimate of drug-likeness (QED) is 0.0506. The molecule has 0 spiro atoms. The summed E-state index contributed by atoms with van der Waals surface area (Å²) in [7, 11) is 0. The van der Waals surface area contributed by atoms with Gasteiger partial charge in [-0.3, -0.25) is 0 Å². The number of rotatable bonds is 6. The second-order valence-corrected chi connectivity index (χ2v) is 15.7. The molecule has 1 radical (unpaired) electrons. The molecule has 10 rings (SSSR count). The molecule has 15 nitrogen and oxygen atoms in total. The van der Waals surface area contributed by atoms with Gasteiger partial charge >= 0.3 is 0 Å². The molecule has 0 fully saturated rings. The van der Waals surface area contributed by atoms with Gasteiger partial charge in [-0.15, -0.1) is 6.42 Å². The van der Waals surface area contributed by atoms with Crippen LogP contribution in [0.1, 0.15) is 58.9 Å². The normalized spacial score (nSPS) is 17.5. The number of nitrogens with zero attached hydrogens (tertiary/aromatic N) is 12. The Bertz CT molecular complexity index is 3080. The third-order valence-corrected chi connectivity index (χ3v) is 11.5. The van der Waals surface area contributed by atoms with Crippen LogP contribution in [0.4, 0.5) is 23.3 Å². The van der Waals surface area contributed by atoms with E-state index in [-0.39, 0.29) is 53.5 Å². The zero-order valence-electron chi connectivity index (χ0n) is 33.0. The number of terminal acetylenes is 1. The van der Waals surface area contributed by atoms with Crippen LogP contribution >= 0.6 is 23.5 Å². The van der Waals surface area contributed by atoms with E-state index in [0.29, 0.717) is 52.4 Å². The minimum atomic E-state index is -0.283. The van der Waals surface area contributed by atoms with Crippen LogP contribution in [-0.4, -0.2) is 61.6 Å². The Balaban J connectivity index is 0.00000272. The topological polar surface area (TPSA) is 205 Å². The number of fused-ring (bicyclic) bond motifs is 13. The monoisotopic (exact) mass is 916 g/mol. The molecule has 0 saturated carbocycles. The first-order chi connectivity index (χ1) is 29.6. The summed E-state index contributed by atoms with van der Waals surface area (Å²) >= 11 is 7.43. The standard InChI is InChI=1S/C44H32ClN15S.CH4.Cu/c1-5-6-9-26-23(4)34-48-35(26)50-41-32-20-25(61-59-33-19-24(14-13-22(33)3)60(47)44-57-42(45)56-43(46)58-44)15-17-30(32)39(55-41)53-37-28-11-8-7-10-27(28)36(51-37)52-38-29-16-12-21(2)18-31(29)40(49-34)54-38;;/h1,6-20,23,26,59H,47H2,2-4H3,(H2,46,56,57,58);1H4;/b9-6-,49-34?,49-40?,50-35?,50-41?,52-36?,52-38?,53-37?,53-39?;;. The van der Waals surface area contributed by atoms with Crippen LogP contribution in [0.5, 0.6) is 0 Å². The Hall–Kier alpha value is -6.93. The summed E-state index contributed by atoms with van der Waals surface area (Å²) in [5.41, 5.74) is 14.2. The number of aromatic nitrogens is 3. The number of nitrogens with one attached hydrogen (secondary N) is 1. The molecule has 2 atom stereocenters. The molecule has 2 unspecified atom stereocenters. The third kappa shape index (κ3) is 7.91. The van der Waals surface area contributed by atoms with Gasteiger partial charge in [-0.25, -0.2) is 50.8 Å². The minimum absolute atomic E-state index is 0. The fourth-order valence-corrected chi connectivity index (χ4v) is 8.27. The van der Waals surface area contributed by atoms with Crippen molar-refractivity contribution in [1.82, 2.24) is 15.0 Å². The average Bonchev–Trinajstić information content (AvgIpc) is 3.96. The Morgan fingerprint density at radius 3 is 1.97 bits per heavy atom. The van der Waals surface area contributed by atoms with Crippen LogP contribution in [0.25, 0.3) is 0 Å². The number of nitrogen functional groups attached to an aromatic ring is 1. The first-order valence-corrected chi connectivity index (χ1v) is 20.2. The maximum atomic E-state index is 6.40. The van der Waals surface area contributed by atoms with Gasteiger partial charge in [-0.2, -0.15) is 15.0 Å². The molecule has 8 bridgehead atoms. The van der Waals surface area contributed by atoms with E-state index < -0.39 is 0 Å². The fourth-order valence-electron chi connectivity index (χ4n) is 7.35. The van der Waals surface area contributed by atoms with Crippen LogP contribution in [0.2, 0.25) is 5.28 Å². The first-order valence-electron chi connectivity index (χ1n) is 19.0. The molecule has 0 aliphatic carbocycles. The van der Waals surface area contributed by atoms with Crippen molar-refractivity contribution in [3.63, 3.8) is 0 Å². The second-order valence-electron chi connectivity index (χ2n) is 14.5. The number of hydrazine groups is 1. The van der Waals surface area contributed by atoms with Crippen LogP contribution in [0.3, 0.4) is 0 Å². The van der Waals surface area contributed by atoms with Gasteiger partial charge in [0.25, 0.3) is 5.95 Å². The summed E-state index contributed by atoms with van der Waals surface area (Å²) < 4.78 is 3.47. The molecule has 0 saturated heterocycles. The van der Waals surface area contributed by atoms with E-state index in [4.69, 9.17) is 69.5 Å². The van der Waals surface area contributed by atoms with Crippen molar-refractivity contribution in [1.29, 1.82) is 0 Å². The summed E-state index contributed by atoms with van der Waals surface area (Å²) in [5.74, 6) is 12.6. The third-order valence-electron chi connectivity index (χ3n) is 10.5. The molecule has 315 valence electrons. The number of amidine groups is 8. The Kier molecular flexibility index (Phi) is 11.6. The predicted octanol–water partition coefficient (Wildman–Crippen LogP) is 7.68. The van der Waals surface area contributed by atoms with Crippen LogP contribution in [0.15, 0.2) is 136 Å². The van der Waals surface area contributed by atoms with Crippen LogP contribution in [0, 0.1) is 38.0 Å². The van der Waals surface area contributed by atoms with E-state index in [1.54, 1.807) is 6.08 Å². The van der Waals surface area contributed by atoms with Crippen molar-refractivity contribution in [2.24, 2.45) is 57.6 Å². The fraction of sp³-hybridized carbons (Fsp3) is 0.133. The first kappa shape index (κ1) is 42.7. The zero-order valence-corrected chi connectivity index (χ0v) is 35.5. The Labute approximate surface area is 382 Å². The second kappa shape index (κ2) is 17.1. The number of nitrogens with two attached hydrogens (primary N) is 2. The van der Waals surface area contributed by atoms with E-state index in [0.717, 1.165) is 55.1 Å². The van der Waals surface area contributed by atoms with Crippen molar-refractivity contribution in [3.8, 4) is 12.3 Å². The van der Waals surface area contributed by atoms with Crippen molar-refractivity contribution in [2.45, 2.75) is 33.1 Å². The van der Waals surface area contributed by atoms with Gasteiger partial charge in [0, 0.05) is 72.9 Å². The van der Waals surface area contributed by atoms with Crippen molar-refractivity contribution >= 4 is 93.5 Å². The number of allylic oxidation sites excluding steroid dienone is 1. The summed E-state index contributed by atoms with van der Waals surface area (Å²) in [4.78, 5) is 53.3. The molecular formula is C45H36ClCuN15S. The number of anilines is 4. The largest absolute Gasteiger partial charge is 0.368 e. The summed E-state index contributed by atoms with van der Waals surface area (Å²) in [5, 5.41) is 1.23. The van der Waals surface area contributed by atoms with Gasteiger partial charge in [0.1, 0.15) is 11.7 Å². The molecule has 63 heavy (non-hydrogen) atoms. The number of aliphatic imine (C=N–C) groups is 8. The van der Waals surface area contributed by atoms with E-state index in [1.165, 1.54) is 17.0 Å². The van der Waals surface area contributed by atoms with Gasteiger partial charge in [0.2, 0.25) is 11.2 Å². The molecular weight excluding hydrogens is 882 g/mol. The molecule has 6 heterocycles. The van der Waals surface area contributed by atoms with Gasteiger partial charge in [-0.1, -0.05) is 74.4 Å². The van der Waals surface area contributed by atoms with E-state index in [2.05, 4.69) is 38.6 Å². The van der Waals surface area contributed by atoms with E-state index >= 15 is 0 Å². The van der Waals surface area contributed by atoms with Gasteiger partial charge in [0.05, 0.1) is 5.69 Å². The molecule has 5 aliphatic heterocycles. The smallest absolute Gasteiger partial charge is 0.250 e. The maximum Gasteiger partial charge on any atom is 0.250 e. The predicted molar refractivity (Wildman–Crippen MR) is 252 cm³/mol. The van der Waals surface area contributed by atoms with Gasteiger partial charge in [0.15, 0.2) is 35.0 Å². The number of hydrogen-bond donors (Lipinski definition) is 3. The van der Waals surface area contributed by atoms with Crippen LogP contribution in [-0.2, 0) is 17.1 Å². The Morgan fingerprint density at radius 1 is 0.714 bits per heavy atom. The van der Waals surface area contributed by atoms with E-state index in [1.807, 2.05) is 92.7 Å². The van der Waals surface area contributed by atoms with Gasteiger partial charge < -0.3 is 10.5 Å². The number of benzene rings is 4. The summed E-state index contributed by atoms with van der Waals surface area (Å²) in [6.45, 7) is 6.08. The number of halogens is 1. The molecule has 5 aromatic rings. The molecule has 5 N–H and O–H groups in total. The minimum Gasteiger partial charge on any atom is -0.368 e. The molecule has 1 aromatic heterocycles. The maximum absolute atomic E-state index is 6.40. The SMILES string of the molecule is C.C#C/C=C\C1C2=NC(=NC3=NC(=NC4=NC(=NC5=NC(=N2)c2cc(SNc6cc(N(N)c7nc(N)nc(Cl)n7)ccc6C)ccc25)c2ccccc24)c2ccc(C)cc23)C1C.[Cu]. The summed E-state index contributed by atoms with van der Waals surface area (Å²) in [6, 6.07) is 25.7. The molecule has 5 aliphatic rings.